The van der Waals surface area contributed by atoms with Crippen molar-refractivity contribution in [1.29, 1.82) is 0 Å². The third-order valence-electron chi connectivity index (χ3n) is 4.35. The van der Waals surface area contributed by atoms with E-state index in [0.717, 1.165) is 18.6 Å². The van der Waals surface area contributed by atoms with Crippen LogP contribution >= 0.6 is 0 Å². The Morgan fingerprint density at radius 2 is 1.80 bits per heavy atom. The number of hydrogen-bond donors (Lipinski definition) is 1. The molecule has 3 rings (SSSR count). The second kappa shape index (κ2) is 5.81. The molecule has 1 unspecified atom stereocenters. The van der Waals surface area contributed by atoms with Crippen molar-refractivity contribution in [3.63, 3.8) is 0 Å². The summed E-state index contributed by atoms with van der Waals surface area (Å²) in [5.41, 5.74) is 0.967. The first-order valence-corrected chi connectivity index (χ1v) is 7.15. The summed E-state index contributed by atoms with van der Waals surface area (Å²) >= 11 is 0. The molecule has 3 nitrogen and oxygen atoms in total. The summed E-state index contributed by atoms with van der Waals surface area (Å²) < 4.78 is 10.9. The van der Waals surface area contributed by atoms with E-state index in [2.05, 4.69) is 12.1 Å². The van der Waals surface area contributed by atoms with Crippen molar-refractivity contribution < 1.29 is 14.3 Å². The van der Waals surface area contributed by atoms with Gasteiger partial charge in [-0.2, -0.15) is 0 Å². The molecule has 0 aliphatic carbocycles. The van der Waals surface area contributed by atoms with Crippen LogP contribution in [0.1, 0.15) is 24.2 Å². The van der Waals surface area contributed by atoms with Gasteiger partial charge in [0, 0.05) is 25.0 Å². The van der Waals surface area contributed by atoms with Crippen LogP contribution in [0.3, 0.4) is 0 Å². The average molecular weight is 272 g/mol. The van der Waals surface area contributed by atoms with Crippen molar-refractivity contribution >= 4 is 0 Å². The zero-order valence-electron chi connectivity index (χ0n) is 11.5. The number of hydrogen-bond acceptors (Lipinski definition) is 3. The number of furan rings is 1. The van der Waals surface area contributed by atoms with Gasteiger partial charge in [0.05, 0.1) is 12.4 Å². The second-order valence-electron chi connectivity index (χ2n) is 5.43. The van der Waals surface area contributed by atoms with Gasteiger partial charge in [-0.3, -0.25) is 0 Å². The monoisotopic (exact) mass is 272 g/mol. The standard InChI is InChI=1S/C17H20O3/c18-16(13-15-7-4-10-20-15)17(8-11-19-12-9-17)14-5-2-1-3-6-14/h1-7,10,16,18H,8-9,11-13H2. The first-order valence-electron chi connectivity index (χ1n) is 7.15. The highest BCUT2D eigenvalue weighted by Gasteiger charge is 2.41. The Balaban J connectivity index is 1.89. The molecule has 1 aliphatic rings. The van der Waals surface area contributed by atoms with Crippen molar-refractivity contribution in [2.45, 2.75) is 30.8 Å². The lowest BCUT2D eigenvalue weighted by Gasteiger charge is -2.41. The van der Waals surface area contributed by atoms with Crippen molar-refractivity contribution in [1.82, 2.24) is 0 Å². The summed E-state index contributed by atoms with van der Waals surface area (Å²) in [5.74, 6) is 0.833. The molecular weight excluding hydrogens is 252 g/mol. The molecule has 1 N–H and O–H groups in total. The summed E-state index contributed by atoms with van der Waals surface area (Å²) in [5, 5.41) is 10.8. The van der Waals surface area contributed by atoms with Crippen LogP contribution in [0, 0.1) is 0 Å². The largest absolute Gasteiger partial charge is 0.469 e. The third kappa shape index (κ3) is 2.51. The van der Waals surface area contributed by atoms with Crippen LogP contribution in [0.4, 0.5) is 0 Å². The van der Waals surface area contributed by atoms with E-state index in [9.17, 15) is 5.11 Å². The number of aliphatic hydroxyl groups is 1. The number of benzene rings is 1. The summed E-state index contributed by atoms with van der Waals surface area (Å²) in [4.78, 5) is 0. The molecule has 1 aliphatic heterocycles. The highest BCUT2D eigenvalue weighted by molar-refractivity contribution is 5.28. The summed E-state index contributed by atoms with van der Waals surface area (Å²) in [6.07, 6.45) is 3.43. The van der Waals surface area contributed by atoms with Crippen LogP contribution in [0.5, 0.6) is 0 Å². The fourth-order valence-electron chi connectivity index (χ4n) is 3.13. The lowest BCUT2D eigenvalue weighted by molar-refractivity contribution is -0.0171. The maximum absolute atomic E-state index is 10.8. The lowest BCUT2D eigenvalue weighted by Crippen LogP contribution is -2.45. The quantitative estimate of drug-likeness (QED) is 0.930. The van der Waals surface area contributed by atoms with Gasteiger partial charge in [-0.15, -0.1) is 0 Å². The molecule has 1 fully saturated rings. The second-order valence-corrected chi connectivity index (χ2v) is 5.43. The predicted octanol–water partition coefficient (Wildman–Crippen LogP) is 2.93. The smallest absolute Gasteiger partial charge is 0.106 e. The molecule has 2 aromatic rings. The number of aliphatic hydroxyl groups excluding tert-OH is 1. The molecule has 0 spiro atoms. The van der Waals surface area contributed by atoms with Gasteiger partial charge in [-0.1, -0.05) is 30.3 Å². The zero-order chi connectivity index (χ0) is 13.8. The third-order valence-corrected chi connectivity index (χ3v) is 4.35. The van der Waals surface area contributed by atoms with Gasteiger partial charge in [-0.25, -0.2) is 0 Å². The van der Waals surface area contributed by atoms with Gasteiger partial charge in [-0.05, 0) is 30.5 Å². The molecule has 0 saturated carbocycles. The van der Waals surface area contributed by atoms with E-state index in [-0.39, 0.29) is 5.41 Å². The fraction of sp³-hybridized carbons (Fsp3) is 0.412. The molecule has 1 aromatic heterocycles. The minimum absolute atomic E-state index is 0.230. The van der Waals surface area contributed by atoms with E-state index in [1.807, 2.05) is 30.3 Å². The first-order chi connectivity index (χ1) is 9.81. The first kappa shape index (κ1) is 13.4. The molecular formula is C17H20O3. The normalized spacial score (nSPS) is 19.6. The zero-order valence-corrected chi connectivity index (χ0v) is 11.5. The van der Waals surface area contributed by atoms with Crippen molar-refractivity contribution in [2.24, 2.45) is 0 Å². The van der Waals surface area contributed by atoms with Crippen LogP contribution < -0.4 is 0 Å². The Bertz CT molecular complexity index is 512. The summed E-state index contributed by atoms with van der Waals surface area (Å²) in [7, 11) is 0. The topological polar surface area (TPSA) is 42.6 Å². The maximum Gasteiger partial charge on any atom is 0.106 e. The van der Waals surface area contributed by atoms with Crippen LogP contribution in [0.2, 0.25) is 0 Å². The van der Waals surface area contributed by atoms with E-state index >= 15 is 0 Å². The molecule has 20 heavy (non-hydrogen) atoms. The average Bonchev–Trinajstić information content (AvgIpc) is 3.02. The van der Waals surface area contributed by atoms with E-state index in [1.54, 1.807) is 6.26 Å². The predicted molar refractivity (Wildman–Crippen MR) is 76.6 cm³/mol. The van der Waals surface area contributed by atoms with Crippen LogP contribution in [0.15, 0.2) is 53.1 Å². The summed E-state index contributed by atoms with van der Waals surface area (Å²) in [6.45, 7) is 1.40. The Hall–Kier alpha value is -1.58. The molecule has 3 heteroatoms. The van der Waals surface area contributed by atoms with Gasteiger partial charge in [0.2, 0.25) is 0 Å². The van der Waals surface area contributed by atoms with Crippen LogP contribution in [-0.4, -0.2) is 24.4 Å². The number of rotatable bonds is 4. The van der Waals surface area contributed by atoms with Gasteiger partial charge in [0.15, 0.2) is 0 Å². The van der Waals surface area contributed by atoms with Gasteiger partial charge in [0.25, 0.3) is 0 Å². The Kier molecular flexibility index (Phi) is 3.90. The molecule has 106 valence electrons. The van der Waals surface area contributed by atoms with Crippen molar-refractivity contribution in [2.75, 3.05) is 13.2 Å². The summed E-state index contributed by atoms with van der Waals surface area (Å²) in [6, 6.07) is 14.1. The minimum Gasteiger partial charge on any atom is -0.469 e. The van der Waals surface area contributed by atoms with Crippen LogP contribution in [-0.2, 0) is 16.6 Å². The molecule has 0 amide bonds. The van der Waals surface area contributed by atoms with Crippen molar-refractivity contribution in [3.05, 3.63) is 60.1 Å². The molecule has 2 heterocycles. The SMILES string of the molecule is OC(Cc1ccco1)C1(c2ccccc2)CCOCC1. The lowest BCUT2D eigenvalue weighted by atomic mass is 9.69. The van der Waals surface area contributed by atoms with E-state index < -0.39 is 6.10 Å². The van der Waals surface area contributed by atoms with Gasteiger partial charge in [0.1, 0.15) is 5.76 Å². The molecule has 0 bridgehead atoms. The highest BCUT2D eigenvalue weighted by Crippen LogP contribution is 2.39. The minimum atomic E-state index is -0.458. The Morgan fingerprint density at radius 1 is 1.05 bits per heavy atom. The maximum atomic E-state index is 10.8. The van der Waals surface area contributed by atoms with Crippen molar-refractivity contribution in [3.8, 4) is 0 Å². The Morgan fingerprint density at radius 3 is 2.45 bits per heavy atom. The van der Waals surface area contributed by atoms with Crippen LogP contribution in [0.25, 0.3) is 0 Å². The van der Waals surface area contributed by atoms with E-state index in [4.69, 9.17) is 9.15 Å². The molecule has 0 radical (unpaired) electrons. The molecule has 1 saturated heterocycles. The van der Waals surface area contributed by atoms with Gasteiger partial charge < -0.3 is 14.3 Å². The highest BCUT2D eigenvalue weighted by atomic mass is 16.5. The van der Waals surface area contributed by atoms with E-state index in [1.165, 1.54) is 5.56 Å². The molecule has 1 aromatic carbocycles. The number of ether oxygens (including phenoxy) is 1. The van der Waals surface area contributed by atoms with E-state index in [0.29, 0.717) is 19.6 Å². The fourth-order valence-corrected chi connectivity index (χ4v) is 3.13. The Labute approximate surface area is 119 Å². The van der Waals surface area contributed by atoms with Gasteiger partial charge >= 0.3 is 0 Å². The molecule has 1 atom stereocenters.